The summed E-state index contributed by atoms with van der Waals surface area (Å²) in [6.07, 6.45) is 1.50. The van der Waals surface area contributed by atoms with Gasteiger partial charge in [0.25, 0.3) is 0 Å². The standard InChI is InChI=1S/C16H21NO3/c1-6-20-16(19)14(10-17(4)5)15(18)13-8-7-11(2)12(3)9-13/h7-10H,6H2,1-5H3/b14-10-. The van der Waals surface area contributed by atoms with Crippen LogP contribution in [-0.2, 0) is 9.53 Å². The van der Waals surface area contributed by atoms with Gasteiger partial charge in [-0.1, -0.05) is 12.1 Å². The smallest absolute Gasteiger partial charge is 0.343 e. The van der Waals surface area contributed by atoms with E-state index in [0.717, 1.165) is 11.1 Å². The summed E-state index contributed by atoms with van der Waals surface area (Å²) in [6.45, 7) is 5.87. The lowest BCUT2D eigenvalue weighted by Gasteiger charge is -2.11. The molecule has 1 aromatic carbocycles. The highest BCUT2D eigenvalue weighted by molar-refractivity contribution is 6.24. The molecule has 20 heavy (non-hydrogen) atoms. The Balaban J connectivity index is 3.16. The first kappa shape index (κ1) is 16.0. The number of ether oxygens (including phenoxy) is 1. The minimum atomic E-state index is -0.593. The van der Waals surface area contributed by atoms with Crippen LogP contribution in [0.25, 0.3) is 0 Å². The van der Waals surface area contributed by atoms with Crippen LogP contribution in [0.2, 0.25) is 0 Å². The Morgan fingerprint density at radius 1 is 1.20 bits per heavy atom. The number of carbonyl (C=O) groups excluding carboxylic acids is 2. The second-order valence-electron chi connectivity index (χ2n) is 4.86. The summed E-state index contributed by atoms with van der Waals surface area (Å²) < 4.78 is 4.95. The van der Waals surface area contributed by atoms with Gasteiger partial charge < -0.3 is 9.64 Å². The molecule has 0 bridgehead atoms. The highest BCUT2D eigenvalue weighted by Gasteiger charge is 2.21. The van der Waals surface area contributed by atoms with Gasteiger partial charge in [0.15, 0.2) is 0 Å². The Morgan fingerprint density at radius 3 is 2.35 bits per heavy atom. The molecule has 0 heterocycles. The zero-order valence-electron chi connectivity index (χ0n) is 12.7. The molecule has 1 aromatic rings. The highest BCUT2D eigenvalue weighted by Crippen LogP contribution is 2.15. The van der Waals surface area contributed by atoms with Gasteiger partial charge in [-0.3, -0.25) is 4.79 Å². The monoisotopic (exact) mass is 275 g/mol. The quantitative estimate of drug-likeness (QED) is 0.272. The normalized spacial score (nSPS) is 11.2. The third kappa shape index (κ3) is 3.95. The minimum Gasteiger partial charge on any atom is -0.462 e. The number of benzene rings is 1. The van der Waals surface area contributed by atoms with E-state index in [4.69, 9.17) is 4.74 Å². The summed E-state index contributed by atoms with van der Waals surface area (Å²) in [5.41, 5.74) is 2.66. The number of aryl methyl sites for hydroxylation is 2. The molecule has 0 atom stereocenters. The molecule has 0 saturated carbocycles. The molecular weight excluding hydrogens is 254 g/mol. The van der Waals surface area contributed by atoms with Crippen LogP contribution in [0.4, 0.5) is 0 Å². The van der Waals surface area contributed by atoms with Crippen molar-refractivity contribution in [3.05, 3.63) is 46.7 Å². The van der Waals surface area contributed by atoms with Crippen LogP contribution in [0.5, 0.6) is 0 Å². The lowest BCUT2D eigenvalue weighted by atomic mass is 9.99. The topological polar surface area (TPSA) is 46.6 Å². The maximum atomic E-state index is 12.5. The Morgan fingerprint density at radius 2 is 1.85 bits per heavy atom. The third-order valence-electron chi connectivity index (χ3n) is 2.90. The maximum absolute atomic E-state index is 12.5. The van der Waals surface area contributed by atoms with Crippen molar-refractivity contribution in [3.63, 3.8) is 0 Å². The van der Waals surface area contributed by atoms with E-state index in [0.29, 0.717) is 5.56 Å². The van der Waals surface area contributed by atoms with Gasteiger partial charge in [-0.2, -0.15) is 0 Å². The van der Waals surface area contributed by atoms with Gasteiger partial charge in [0.2, 0.25) is 5.78 Å². The first-order chi connectivity index (χ1) is 9.36. The van der Waals surface area contributed by atoms with E-state index in [1.807, 2.05) is 19.9 Å². The Kier molecular flexibility index (Phi) is 5.50. The van der Waals surface area contributed by atoms with Crippen LogP contribution in [-0.4, -0.2) is 37.4 Å². The summed E-state index contributed by atoms with van der Waals surface area (Å²) in [4.78, 5) is 26.0. The average Bonchev–Trinajstić information content (AvgIpc) is 2.38. The van der Waals surface area contributed by atoms with Crippen LogP contribution < -0.4 is 0 Å². The molecule has 0 fully saturated rings. The van der Waals surface area contributed by atoms with E-state index >= 15 is 0 Å². The zero-order valence-corrected chi connectivity index (χ0v) is 12.7. The van der Waals surface area contributed by atoms with Crippen LogP contribution in [0.3, 0.4) is 0 Å². The third-order valence-corrected chi connectivity index (χ3v) is 2.90. The average molecular weight is 275 g/mol. The van der Waals surface area contributed by atoms with E-state index in [1.165, 1.54) is 6.20 Å². The van der Waals surface area contributed by atoms with Gasteiger partial charge in [0, 0.05) is 25.9 Å². The molecule has 0 aliphatic carbocycles. The summed E-state index contributed by atoms with van der Waals surface area (Å²) in [5, 5.41) is 0. The summed E-state index contributed by atoms with van der Waals surface area (Å²) in [5.74, 6) is -0.912. The molecule has 0 radical (unpaired) electrons. The largest absolute Gasteiger partial charge is 0.462 e. The molecule has 0 aliphatic rings. The molecule has 0 spiro atoms. The first-order valence-electron chi connectivity index (χ1n) is 6.54. The van der Waals surface area contributed by atoms with Gasteiger partial charge in [-0.25, -0.2) is 4.79 Å². The van der Waals surface area contributed by atoms with Gasteiger partial charge >= 0.3 is 5.97 Å². The van der Waals surface area contributed by atoms with Crippen molar-refractivity contribution >= 4 is 11.8 Å². The number of ketones is 1. The van der Waals surface area contributed by atoms with Crippen LogP contribution >= 0.6 is 0 Å². The van der Waals surface area contributed by atoms with Crippen LogP contribution in [0.1, 0.15) is 28.4 Å². The van der Waals surface area contributed by atoms with Gasteiger partial charge in [-0.05, 0) is 38.0 Å². The van der Waals surface area contributed by atoms with Gasteiger partial charge in [0.1, 0.15) is 5.57 Å². The van der Waals surface area contributed by atoms with Crippen molar-refractivity contribution in [1.29, 1.82) is 0 Å². The van der Waals surface area contributed by atoms with Crippen molar-refractivity contribution in [1.82, 2.24) is 4.90 Å². The first-order valence-corrected chi connectivity index (χ1v) is 6.54. The zero-order chi connectivity index (χ0) is 15.3. The van der Waals surface area contributed by atoms with Gasteiger partial charge in [-0.15, -0.1) is 0 Å². The fourth-order valence-corrected chi connectivity index (χ4v) is 1.71. The fourth-order valence-electron chi connectivity index (χ4n) is 1.71. The summed E-state index contributed by atoms with van der Waals surface area (Å²) >= 11 is 0. The minimum absolute atomic E-state index is 0.0418. The maximum Gasteiger partial charge on any atom is 0.343 e. The van der Waals surface area contributed by atoms with E-state index in [1.54, 1.807) is 38.1 Å². The van der Waals surface area contributed by atoms with E-state index in [9.17, 15) is 9.59 Å². The number of rotatable bonds is 5. The summed E-state index contributed by atoms with van der Waals surface area (Å²) in [6, 6.07) is 5.40. The van der Waals surface area contributed by atoms with Gasteiger partial charge in [0.05, 0.1) is 6.61 Å². The van der Waals surface area contributed by atoms with Crippen molar-refractivity contribution in [3.8, 4) is 0 Å². The number of esters is 1. The number of hydrogen-bond acceptors (Lipinski definition) is 4. The molecule has 4 nitrogen and oxygen atoms in total. The molecule has 0 N–H and O–H groups in total. The SMILES string of the molecule is CCOC(=O)/C(=C\N(C)C)C(=O)c1ccc(C)c(C)c1. The van der Waals surface area contributed by atoms with Crippen molar-refractivity contribution in [2.24, 2.45) is 0 Å². The molecule has 0 saturated heterocycles. The molecule has 0 aliphatic heterocycles. The molecule has 1 rings (SSSR count). The number of carbonyl (C=O) groups is 2. The lowest BCUT2D eigenvalue weighted by molar-refractivity contribution is -0.138. The van der Waals surface area contributed by atoms with E-state index in [2.05, 4.69) is 0 Å². The Bertz CT molecular complexity index is 545. The molecule has 0 aromatic heterocycles. The lowest BCUT2D eigenvalue weighted by Crippen LogP contribution is -2.19. The molecule has 4 heteroatoms. The Labute approximate surface area is 120 Å². The predicted molar refractivity (Wildman–Crippen MR) is 78.6 cm³/mol. The fraction of sp³-hybridized carbons (Fsp3) is 0.375. The van der Waals surface area contributed by atoms with Crippen LogP contribution in [0.15, 0.2) is 30.0 Å². The molecule has 0 unspecified atom stereocenters. The predicted octanol–water partition coefficient (Wildman–Crippen LogP) is 2.49. The second-order valence-corrected chi connectivity index (χ2v) is 4.86. The molecular formula is C16H21NO3. The number of nitrogens with zero attached hydrogens (tertiary/aromatic N) is 1. The van der Waals surface area contributed by atoms with Crippen molar-refractivity contribution in [2.45, 2.75) is 20.8 Å². The number of Topliss-reactive ketones (excluding diaryl/α,β-unsaturated/α-hetero) is 1. The molecule has 0 amide bonds. The van der Waals surface area contributed by atoms with E-state index < -0.39 is 5.97 Å². The van der Waals surface area contributed by atoms with Crippen LogP contribution in [0, 0.1) is 13.8 Å². The second kappa shape index (κ2) is 6.89. The van der Waals surface area contributed by atoms with E-state index in [-0.39, 0.29) is 18.0 Å². The van der Waals surface area contributed by atoms with Crippen molar-refractivity contribution in [2.75, 3.05) is 20.7 Å². The van der Waals surface area contributed by atoms with Crippen molar-refractivity contribution < 1.29 is 14.3 Å². The summed E-state index contributed by atoms with van der Waals surface area (Å²) in [7, 11) is 3.51. The molecule has 108 valence electrons. The number of hydrogen-bond donors (Lipinski definition) is 0. The highest BCUT2D eigenvalue weighted by atomic mass is 16.5. The Hall–Kier alpha value is -2.10.